The summed E-state index contributed by atoms with van der Waals surface area (Å²) in [5.41, 5.74) is 0. The number of urea groups is 1. The molecule has 0 heterocycles. The number of benzene rings is 1. The molecule has 1 aliphatic rings. The maximum absolute atomic E-state index is 12.1. The number of hydrogen-bond donors (Lipinski definition) is 3. The Kier molecular flexibility index (Phi) is 6.19. The third kappa shape index (κ3) is 5.23. The number of amides is 2. The fraction of sp³-hybridized carbons (Fsp3) is 0.500. The molecule has 2 amide bonds. The number of carboxylic acids is 1. The summed E-state index contributed by atoms with van der Waals surface area (Å²) in [6.07, 6.45) is 2.32. The highest BCUT2D eigenvalue weighted by molar-refractivity contribution is 7.91. The molecule has 132 valence electrons. The molecule has 0 spiro atoms. The molecule has 1 fully saturated rings. The van der Waals surface area contributed by atoms with Gasteiger partial charge < -0.3 is 15.7 Å². The first-order valence-corrected chi connectivity index (χ1v) is 9.58. The monoisotopic (exact) mass is 354 g/mol. The molecule has 1 aromatic rings. The summed E-state index contributed by atoms with van der Waals surface area (Å²) in [4.78, 5) is 22.9. The van der Waals surface area contributed by atoms with Crippen LogP contribution >= 0.6 is 0 Å². The number of rotatable bonds is 6. The standard InChI is InChI=1S/C16H22N2O5S/c19-15(20)12-6-8-13(9-7-12)18-16(21)17-10-11-24(22,23)14-4-2-1-3-5-14/h1-5,12-13H,6-11H2,(H,19,20)(H2,17,18,21). The highest BCUT2D eigenvalue weighted by Crippen LogP contribution is 2.24. The summed E-state index contributed by atoms with van der Waals surface area (Å²) >= 11 is 0. The van der Waals surface area contributed by atoms with Gasteiger partial charge in [0.15, 0.2) is 9.84 Å². The van der Waals surface area contributed by atoms with E-state index in [0.29, 0.717) is 25.7 Å². The quantitative estimate of drug-likeness (QED) is 0.715. The molecular weight excluding hydrogens is 332 g/mol. The van der Waals surface area contributed by atoms with Crippen LogP contribution in [-0.2, 0) is 14.6 Å². The molecule has 0 bridgehead atoms. The summed E-state index contributed by atoms with van der Waals surface area (Å²) in [5.74, 6) is -1.29. The Morgan fingerprint density at radius 3 is 2.29 bits per heavy atom. The van der Waals surface area contributed by atoms with Crippen LogP contribution in [0.1, 0.15) is 25.7 Å². The lowest BCUT2D eigenvalue weighted by molar-refractivity contribution is -0.142. The Bertz CT molecular complexity index is 667. The van der Waals surface area contributed by atoms with Crippen LogP contribution in [0.15, 0.2) is 35.2 Å². The van der Waals surface area contributed by atoms with Crippen molar-refractivity contribution >= 4 is 21.8 Å². The van der Waals surface area contributed by atoms with E-state index < -0.39 is 21.8 Å². The Hall–Kier alpha value is -2.09. The third-order valence-corrected chi connectivity index (χ3v) is 5.90. The average Bonchev–Trinajstić information content (AvgIpc) is 2.56. The molecule has 1 aromatic carbocycles. The van der Waals surface area contributed by atoms with Crippen LogP contribution in [0.25, 0.3) is 0 Å². The highest BCUT2D eigenvalue weighted by Gasteiger charge is 2.26. The predicted octanol–water partition coefficient (Wildman–Crippen LogP) is 1.40. The van der Waals surface area contributed by atoms with E-state index in [9.17, 15) is 18.0 Å². The highest BCUT2D eigenvalue weighted by atomic mass is 32.2. The molecule has 8 heteroatoms. The van der Waals surface area contributed by atoms with Crippen molar-refractivity contribution in [2.24, 2.45) is 5.92 Å². The van der Waals surface area contributed by atoms with Gasteiger partial charge in [-0.25, -0.2) is 13.2 Å². The minimum absolute atomic E-state index is 0.0214. The molecular formula is C16H22N2O5S. The second-order valence-electron chi connectivity index (χ2n) is 5.92. The van der Waals surface area contributed by atoms with Crippen molar-refractivity contribution in [2.75, 3.05) is 12.3 Å². The number of carbonyl (C=O) groups is 2. The first-order valence-electron chi connectivity index (χ1n) is 7.93. The van der Waals surface area contributed by atoms with Gasteiger partial charge in [-0.3, -0.25) is 4.79 Å². The van der Waals surface area contributed by atoms with Crippen LogP contribution in [0.5, 0.6) is 0 Å². The van der Waals surface area contributed by atoms with Crippen molar-refractivity contribution in [3.8, 4) is 0 Å². The minimum Gasteiger partial charge on any atom is -0.481 e. The first kappa shape index (κ1) is 18.3. The lowest BCUT2D eigenvalue weighted by atomic mass is 9.86. The summed E-state index contributed by atoms with van der Waals surface area (Å²) in [6.45, 7) is 0.0214. The smallest absolute Gasteiger partial charge is 0.315 e. The molecule has 0 atom stereocenters. The van der Waals surface area contributed by atoms with Crippen LogP contribution in [-0.4, -0.2) is 43.9 Å². The molecule has 7 nitrogen and oxygen atoms in total. The van der Waals surface area contributed by atoms with E-state index >= 15 is 0 Å². The van der Waals surface area contributed by atoms with Gasteiger partial charge in [0.25, 0.3) is 0 Å². The molecule has 0 radical (unpaired) electrons. The van der Waals surface area contributed by atoms with Crippen LogP contribution in [0.4, 0.5) is 4.79 Å². The van der Waals surface area contributed by atoms with Crippen molar-refractivity contribution in [2.45, 2.75) is 36.6 Å². The summed E-state index contributed by atoms with van der Waals surface area (Å²) in [6, 6.07) is 7.61. The van der Waals surface area contributed by atoms with E-state index in [1.165, 1.54) is 12.1 Å². The molecule has 24 heavy (non-hydrogen) atoms. The molecule has 0 saturated heterocycles. The largest absolute Gasteiger partial charge is 0.481 e. The molecule has 0 unspecified atom stereocenters. The zero-order valence-corrected chi connectivity index (χ0v) is 14.1. The van der Waals surface area contributed by atoms with Gasteiger partial charge in [-0.1, -0.05) is 18.2 Å². The van der Waals surface area contributed by atoms with E-state index in [1.807, 2.05) is 0 Å². The van der Waals surface area contributed by atoms with E-state index in [0.717, 1.165) is 0 Å². The van der Waals surface area contributed by atoms with E-state index in [2.05, 4.69) is 10.6 Å². The fourth-order valence-electron chi connectivity index (χ4n) is 2.77. The Morgan fingerprint density at radius 1 is 1.08 bits per heavy atom. The van der Waals surface area contributed by atoms with Gasteiger partial charge in [0.2, 0.25) is 0 Å². The van der Waals surface area contributed by atoms with Crippen LogP contribution < -0.4 is 10.6 Å². The van der Waals surface area contributed by atoms with Crippen molar-refractivity contribution in [3.63, 3.8) is 0 Å². The van der Waals surface area contributed by atoms with E-state index in [4.69, 9.17) is 5.11 Å². The lowest BCUT2D eigenvalue weighted by Gasteiger charge is -2.26. The fourth-order valence-corrected chi connectivity index (χ4v) is 3.94. The zero-order chi connectivity index (χ0) is 17.6. The maximum Gasteiger partial charge on any atom is 0.315 e. The Labute approximate surface area is 141 Å². The first-order chi connectivity index (χ1) is 11.4. The molecule has 0 aromatic heterocycles. The van der Waals surface area contributed by atoms with E-state index in [-0.39, 0.29) is 29.2 Å². The second kappa shape index (κ2) is 8.14. The van der Waals surface area contributed by atoms with Gasteiger partial charge in [-0.05, 0) is 37.8 Å². The second-order valence-corrected chi connectivity index (χ2v) is 8.03. The van der Waals surface area contributed by atoms with Crippen molar-refractivity contribution in [3.05, 3.63) is 30.3 Å². The minimum atomic E-state index is -3.41. The number of hydrogen-bond acceptors (Lipinski definition) is 4. The van der Waals surface area contributed by atoms with Gasteiger partial charge in [-0.15, -0.1) is 0 Å². The normalized spacial score (nSPS) is 21.0. The summed E-state index contributed by atoms with van der Waals surface area (Å²) in [5, 5.41) is 14.2. The van der Waals surface area contributed by atoms with Crippen molar-refractivity contribution < 1.29 is 23.1 Å². The van der Waals surface area contributed by atoms with Crippen molar-refractivity contribution in [1.29, 1.82) is 0 Å². The van der Waals surface area contributed by atoms with E-state index in [1.54, 1.807) is 18.2 Å². The Balaban J connectivity index is 1.71. The molecule has 0 aliphatic heterocycles. The van der Waals surface area contributed by atoms with Gasteiger partial charge in [-0.2, -0.15) is 0 Å². The maximum atomic E-state index is 12.1. The van der Waals surface area contributed by atoms with Crippen LogP contribution in [0.3, 0.4) is 0 Å². The molecule has 3 N–H and O–H groups in total. The lowest BCUT2D eigenvalue weighted by Crippen LogP contribution is -2.45. The van der Waals surface area contributed by atoms with Crippen LogP contribution in [0, 0.1) is 5.92 Å². The predicted molar refractivity (Wildman–Crippen MR) is 88.4 cm³/mol. The topological polar surface area (TPSA) is 113 Å². The van der Waals surface area contributed by atoms with Gasteiger partial charge in [0, 0.05) is 12.6 Å². The molecule has 1 aliphatic carbocycles. The zero-order valence-electron chi connectivity index (χ0n) is 13.3. The average molecular weight is 354 g/mol. The number of nitrogens with one attached hydrogen (secondary N) is 2. The Morgan fingerprint density at radius 2 is 1.71 bits per heavy atom. The van der Waals surface area contributed by atoms with Crippen LogP contribution in [0.2, 0.25) is 0 Å². The van der Waals surface area contributed by atoms with Crippen molar-refractivity contribution in [1.82, 2.24) is 10.6 Å². The van der Waals surface area contributed by atoms with Gasteiger partial charge in [0.1, 0.15) is 0 Å². The number of carbonyl (C=O) groups excluding carboxylic acids is 1. The van der Waals surface area contributed by atoms with Gasteiger partial charge >= 0.3 is 12.0 Å². The number of carboxylic acid groups (broad SMARTS) is 1. The number of aliphatic carboxylic acids is 1. The third-order valence-electron chi connectivity index (χ3n) is 4.17. The molecule has 1 saturated carbocycles. The number of sulfone groups is 1. The van der Waals surface area contributed by atoms with Gasteiger partial charge in [0.05, 0.1) is 16.6 Å². The SMILES string of the molecule is O=C(NCCS(=O)(=O)c1ccccc1)NC1CCC(C(=O)O)CC1. The summed E-state index contributed by atoms with van der Waals surface area (Å²) in [7, 11) is -3.41. The summed E-state index contributed by atoms with van der Waals surface area (Å²) < 4.78 is 24.2. The molecule has 2 rings (SSSR count).